The summed E-state index contributed by atoms with van der Waals surface area (Å²) >= 11 is 0. The first kappa shape index (κ1) is 35.8. The van der Waals surface area contributed by atoms with Crippen molar-refractivity contribution in [1.82, 2.24) is 26.2 Å². The van der Waals surface area contributed by atoms with E-state index >= 15 is 0 Å². The van der Waals surface area contributed by atoms with Crippen molar-refractivity contribution in [2.45, 2.75) is 105 Å². The Hall–Kier alpha value is -3.44. The second-order valence-corrected chi connectivity index (χ2v) is 13.2. The van der Waals surface area contributed by atoms with E-state index in [1.165, 1.54) is 17.9 Å². The molecule has 0 spiro atoms. The lowest BCUT2D eigenvalue weighted by Crippen LogP contribution is -2.60. The van der Waals surface area contributed by atoms with Crippen LogP contribution in [-0.4, -0.2) is 84.3 Å². The molecule has 0 aromatic heterocycles. The van der Waals surface area contributed by atoms with E-state index < -0.39 is 65.1 Å². The van der Waals surface area contributed by atoms with E-state index in [1.807, 2.05) is 20.8 Å². The maximum Gasteiger partial charge on any atom is 0.328 e. The number of amides is 5. The highest BCUT2D eigenvalue weighted by atomic mass is 16.5. The predicted octanol–water partition coefficient (Wildman–Crippen LogP) is 2.07. The molecule has 12 heteroatoms. The first-order valence-electron chi connectivity index (χ1n) is 15.4. The Balaban J connectivity index is 2.20. The Labute approximate surface area is 255 Å². The van der Waals surface area contributed by atoms with E-state index in [0.29, 0.717) is 31.9 Å². The van der Waals surface area contributed by atoms with Crippen LogP contribution in [0.3, 0.4) is 0 Å². The first-order chi connectivity index (χ1) is 20.1. The number of hydrogen-bond donors (Lipinski definition) is 4. The van der Waals surface area contributed by atoms with Gasteiger partial charge < -0.3 is 30.9 Å². The SMILES string of the molecule is C=CCNC(=O)C(=O)C(CCC)NC(=O)C1CC(C(C)C)CN1C(=O)C(NC(=O)NC(C)C(=O)OCC1CC1)C(C)(C)C. The predicted molar refractivity (Wildman–Crippen MR) is 162 cm³/mol. The van der Waals surface area contributed by atoms with Gasteiger partial charge >= 0.3 is 12.0 Å². The van der Waals surface area contributed by atoms with Gasteiger partial charge in [-0.25, -0.2) is 9.59 Å². The van der Waals surface area contributed by atoms with Gasteiger partial charge in [0, 0.05) is 13.1 Å². The minimum absolute atomic E-state index is 0.00613. The van der Waals surface area contributed by atoms with Crippen molar-refractivity contribution < 1.29 is 33.5 Å². The number of nitrogens with zero attached hydrogens (tertiary/aromatic N) is 1. The highest BCUT2D eigenvalue weighted by molar-refractivity contribution is 6.38. The number of urea groups is 1. The quantitative estimate of drug-likeness (QED) is 0.126. The first-order valence-corrected chi connectivity index (χ1v) is 15.4. The standard InChI is InChI=1S/C31H51N5O7/c1-9-11-22(24(37)27(39)32-14-10-2)34-26(38)23-15-21(18(3)4)16-36(23)28(40)25(31(6,7)8)35-30(42)33-19(5)29(41)43-17-20-12-13-20/h10,18-23,25H,2,9,11-17H2,1,3-8H3,(H,32,39)(H,34,38)(H2,33,35,42). The zero-order chi connectivity index (χ0) is 32.5. The van der Waals surface area contributed by atoms with Gasteiger partial charge in [-0.3, -0.25) is 19.2 Å². The summed E-state index contributed by atoms with van der Waals surface area (Å²) in [5, 5.41) is 10.4. The average Bonchev–Trinajstić information content (AvgIpc) is 3.65. The molecule has 43 heavy (non-hydrogen) atoms. The number of rotatable bonds is 15. The van der Waals surface area contributed by atoms with Crippen molar-refractivity contribution in [3.8, 4) is 0 Å². The van der Waals surface area contributed by atoms with E-state index in [0.717, 1.165) is 12.8 Å². The van der Waals surface area contributed by atoms with Crippen molar-refractivity contribution in [3.63, 3.8) is 0 Å². The van der Waals surface area contributed by atoms with Crippen LogP contribution in [0.25, 0.3) is 0 Å². The molecular formula is C31H51N5O7. The minimum atomic E-state index is -1.04. The maximum absolute atomic E-state index is 14.1. The van der Waals surface area contributed by atoms with Gasteiger partial charge in [0.05, 0.1) is 12.6 Å². The van der Waals surface area contributed by atoms with Gasteiger partial charge in [-0.05, 0) is 55.8 Å². The van der Waals surface area contributed by atoms with Gasteiger partial charge in [-0.2, -0.15) is 0 Å². The van der Waals surface area contributed by atoms with Crippen LogP contribution in [0.1, 0.15) is 80.6 Å². The number of carbonyl (C=O) groups excluding carboxylic acids is 6. The summed E-state index contributed by atoms with van der Waals surface area (Å²) in [5.41, 5.74) is -0.745. The van der Waals surface area contributed by atoms with Gasteiger partial charge in [0.15, 0.2) is 0 Å². The summed E-state index contributed by atoms with van der Waals surface area (Å²) in [6, 6.07) is -4.58. The van der Waals surface area contributed by atoms with Crippen molar-refractivity contribution in [2.24, 2.45) is 23.2 Å². The van der Waals surface area contributed by atoms with Crippen LogP contribution >= 0.6 is 0 Å². The summed E-state index contributed by atoms with van der Waals surface area (Å²) in [4.78, 5) is 79.5. The molecule has 5 atom stereocenters. The summed E-state index contributed by atoms with van der Waals surface area (Å²) in [7, 11) is 0. The lowest BCUT2D eigenvalue weighted by Gasteiger charge is -2.36. The summed E-state index contributed by atoms with van der Waals surface area (Å²) in [6.45, 7) is 17.0. The molecule has 1 aliphatic heterocycles. The van der Waals surface area contributed by atoms with Crippen LogP contribution in [0.5, 0.6) is 0 Å². The smallest absolute Gasteiger partial charge is 0.328 e. The number of nitrogens with one attached hydrogen (secondary N) is 4. The zero-order valence-electron chi connectivity index (χ0n) is 26.8. The number of Topliss-reactive ketones (excluding diaryl/α,β-unsaturated/α-hetero) is 1. The van der Waals surface area contributed by atoms with Crippen LogP contribution in [-0.2, 0) is 28.7 Å². The summed E-state index contributed by atoms with van der Waals surface area (Å²) in [5.74, 6) is -2.54. The molecule has 1 saturated heterocycles. The highest BCUT2D eigenvalue weighted by Gasteiger charge is 2.46. The molecule has 2 aliphatic rings. The Morgan fingerprint density at radius 3 is 2.21 bits per heavy atom. The lowest BCUT2D eigenvalue weighted by molar-refractivity contribution is -0.146. The van der Waals surface area contributed by atoms with Gasteiger partial charge in [0.1, 0.15) is 18.1 Å². The summed E-state index contributed by atoms with van der Waals surface area (Å²) < 4.78 is 5.25. The van der Waals surface area contributed by atoms with Gasteiger partial charge in [-0.1, -0.05) is 54.0 Å². The number of esters is 1. The second kappa shape index (κ2) is 15.9. The molecule has 242 valence electrons. The zero-order valence-corrected chi connectivity index (χ0v) is 26.8. The molecule has 1 aliphatic carbocycles. The van der Waals surface area contributed by atoms with E-state index in [4.69, 9.17) is 4.74 Å². The molecule has 0 aromatic rings. The third-order valence-electron chi connectivity index (χ3n) is 7.95. The van der Waals surface area contributed by atoms with E-state index in [-0.39, 0.29) is 24.8 Å². The van der Waals surface area contributed by atoms with Gasteiger partial charge in [0.2, 0.25) is 17.6 Å². The Kier molecular flexibility index (Phi) is 13.2. The fourth-order valence-electron chi connectivity index (χ4n) is 4.93. The van der Waals surface area contributed by atoms with Crippen molar-refractivity contribution >= 4 is 35.5 Å². The van der Waals surface area contributed by atoms with Crippen molar-refractivity contribution in [1.29, 1.82) is 0 Å². The Bertz CT molecular complexity index is 1050. The molecule has 2 rings (SSSR count). The largest absolute Gasteiger partial charge is 0.464 e. The third kappa shape index (κ3) is 10.7. The highest BCUT2D eigenvalue weighted by Crippen LogP contribution is 2.32. The van der Waals surface area contributed by atoms with Crippen LogP contribution < -0.4 is 21.3 Å². The Morgan fingerprint density at radius 2 is 1.67 bits per heavy atom. The molecule has 5 amide bonds. The average molecular weight is 606 g/mol. The molecule has 1 saturated carbocycles. The lowest BCUT2D eigenvalue weighted by atomic mass is 9.85. The maximum atomic E-state index is 14.1. The Morgan fingerprint density at radius 1 is 1.02 bits per heavy atom. The fraction of sp³-hybridized carbons (Fsp3) is 0.742. The molecule has 5 unspecified atom stereocenters. The number of likely N-dealkylation sites (tertiary alicyclic amines) is 1. The molecule has 12 nitrogen and oxygen atoms in total. The summed E-state index contributed by atoms with van der Waals surface area (Å²) in [6.07, 6.45) is 4.68. The van der Waals surface area contributed by atoms with E-state index in [2.05, 4.69) is 27.8 Å². The number of ketones is 1. The molecule has 1 heterocycles. The van der Waals surface area contributed by atoms with Crippen molar-refractivity contribution in [2.75, 3.05) is 19.7 Å². The number of carbonyl (C=O) groups is 6. The van der Waals surface area contributed by atoms with Crippen LogP contribution in [0.4, 0.5) is 4.79 Å². The molecule has 0 bridgehead atoms. The molecule has 4 N–H and O–H groups in total. The topological polar surface area (TPSA) is 163 Å². The second-order valence-electron chi connectivity index (χ2n) is 13.2. The third-order valence-corrected chi connectivity index (χ3v) is 7.95. The molecule has 0 radical (unpaired) electrons. The normalized spacial score (nSPS) is 20.4. The molecular weight excluding hydrogens is 554 g/mol. The van der Waals surface area contributed by atoms with Crippen molar-refractivity contribution in [3.05, 3.63) is 12.7 Å². The molecule has 0 aromatic carbocycles. The van der Waals surface area contributed by atoms with Gasteiger partial charge in [0.25, 0.3) is 5.91 Å². The van der Waals surface area contributed by atoms with Gasteiger partial charge in [-0.15, -0.1) is 6.58 Å². The van der Waals surface area contributed by atoms with Crippen LogP contribution in [0.2, 0.25) is 0 Å². The minimum Gasteiger partial charge on any atom is -0.464 e. The molecule has 2 fully saturated rings. The van der Waals surface area contributed by atoms with Crippen LogP contribution in [0, 0.1) is 23.2 Å². The van der Waals surface area contributed by atoms with E-state index in [9.17, 15) is 28.8 Å². The van der Waals surface area contributed by atoms with Crippen LogP contribution in [0.15, 0.2) is 12.7 Å². The fourth-order valence-corrected chi connectivity index (χ4v) is 4.93. The monoisotopic (exact) mass is 605 g/mol. The van der Waals surface area contributed by atoms with E-state index in [1.54, 1.807) is 20.8 Å². The number of ether oxygens (including phenoxy) is 1. The number of hydrogen-bond acceptors (Lipinski definition) is 7.